The quantitative estimate of drug-likeness (QED) is 0.170. The van der Waals surface area contributed by atoms with Gasteiger partial charge in [0.25, 0.3) is 5.91 Å². The number of likely N-dealkylation sites (tertiary alicyclic amines) is 2. The molecule has 290 valence electrons. The molecule has 0 aromatic heterocycles. The number of piperidine rings is 1. The Balaban J connectivity index is 1.80. The molecule has 51 heavy (non-hydrogen) atoms. The van der Waals surface area contributed by atoms with Crippen molar-refractivity contribution in [3.8, 4) is 0 Å². The summed E-state index contributed by atoms with van der Waals surface area (Å²) in [5.41, 5.74) is -1.38. The molecule has 3 aliphatic rings. The predicted octanol–water partition coefficient (Wildman–Crippen LogP) is 3.62. The van der Waals surface area contributed by atoms with E-state index in [9.17, 15) is 33.9 Å². The zero-order valence-electron chi connectivity index (χ0n) is 32.7. The zero-order chi connectivity index (χ0) is 38.3. The Hall–Kier alpha value is -3.22. The summed E-state index contributed by atoms with van der Waals surface area (Å²) in [6, 6.07) is -3.87. The average Bonchev–Trinajstić information content (AvgIpc) is 3.52. The molecule has 2 unspecified atom stereocenters. The van der Waals surface area contributed by atoms with Crippen molar-refractivity contribution in [2.45, 2.75) is 163 Å². The molecule has 13 nitrogen and oxygen atoms in total. The van der Waals surface area contributed by atoms with Crippen molar-refractivity contribution in [1.29, 1.82) is 0 Å². The van der Waals surface area contributed by atoms with E-state index >= 15 is 0 Å². The topological polar surface area (TPSA) is 177 Å². The maximum Gasteiger partial charge on any atom is 0.315 e. The van der Waals surface area contributed by atoms with Crippen LogP contribution in [0.25, 0.3) is 0 Å². The van der Waals surface area contributed by atoms with Crippen molar-refractivity contribution in [3.05, 3.63) is 0 Å². The molecule has 3 rings (SSSR count). The van der Waals surface area contributed by atoms with E-state index in [-0.39, 0.29) is 36.1 Å². The molecule has 5 atom stereocenters. The standard InChI is InChI=1S/C38H66N6O7/c1-10-15-25(30(47)33(49)39-22-24(2)3)40-32(48)26-16-14-19-43(26)34(50)31(38(9)17-12-11-13-18-38)42-35(51)41-27(36(4,5)6)23-44-28(45)20-37(7,8)21-29(44)46/h24-28,31,45H,10-23H2,1-9H3,(H,39,49)(H,40,48)(H2,41,42,51)/t25?,26-,27+,28?,31+/m0/s1. The highest BCUT2D eigenvalue weighted by Crippen LogP contribution is 2.40. The van der Waals surface area contributed by atoms with Gasteiger partial charge in [-0.2, -0.15) is 0 Å². The second-order valence-electron chi connectivity index (χ2n) is 17.8. The number of aliphatic hydroxyl groups excluding tert-OH is 1. The molecular formula is C38H66N6O7. The van der Waals surface area contributed by atoms with Crippen LogP contribution < -0.4 is 21.3 Å². The molecule has 0 spiro atoms. The first-order chi connectivity index (χ1) is 23.7. The molecule has 2 heterocycles. The smallest absolute Gasteiger partial charge is 0.315 e. The number of hydrogen-bond acceptors (Lipinski definition) is 7. The average molecular weight is 719 g/mol. The van der Waals surface area contributed by atoms with Gasteiger partial charge in [0.15, 0.2) is 0 Å². The van der Waals surface area contributed by atoms with Gasteiger partial charge in [0.1, 0.15) is 18.3 Å². The Morgan fingerprint density at radius 2 is 1.61 bits per heavy atom. The molecule has 5 N–H and O–H groups in total. The molecular weight excluding hydrogens is 652 g/mol. The van der Waals surface area contributed by atoms with Gasteiger partial charge in [-0.1, -0.05) is 88.0 Å². The molecule has 0 radical (unpaired) electrons. The summed E-state index contributed by atoms with van der Waals surface area (Å²) < 4.78 is 0. The minimum absolute atomic E-state index is 0.115. The first-order valence-corrected chi connectivity index (χ1v) is 19.2. The largest absolute Gasteiger partial charge is 0.374 e. The number of aliphatic hydroxyl groups is 1. The monoisotopic (exact) mass is 718 g/mol. The number of Topliss-reactive ketones (excluding diaryl/α,β-unsaturated/α-hetero) is 1. The number of nitrogens with one attached hydrogen (secondary N) is 4. The van der Waals surface area contributed by atoms with E-state index < -0.39 is 64.9 Å². The van der Waals surface area contributed by atoms with E-state index in [0.717, 1.165) is 32.1 Å². The van der Waals surface area contributed by atoms with Gasteiger partial charge in [0.05, 0.1) is 12.1 Å². The summed E-state index contributed by atoms with van der Waals surface area (Å²) in [7, 11) is 0. The summed E-state index contributed by atoms with van der Waals surface area (Å²) in [5.74, 6) is -2.29. The fraction of sp³-hybridized carbons (Fsp3) is 0.842. The highest BCUT2D eigenvalue weighted by Gasteiger charge is 2.47. The molecule has 0 aromatic rings. The molecule has 0 bridgehead atoms. The van der Waals surface area contributed by atoms with Crippen molar-refractivity contribution >= 4 is 35.4 Å². The SMILES string of the molecule is CCCC(NC(=O)[C@@H]1CCCN1C(=O)[C@@H](NC(=O)N[C@H](CN1C(=O)CC(C)(C)CC1O)C(C)(C)C)C1(C)CCCCC1)C(=O)C(=O)NCC(C)C. The van der Waals surface area contributed by atoms with Crippen LogP contribution in [0, 0.1) is 22.2 Å². The fourth-order valence-corrected chi connectivity index (χ4v) is 7.66. The van der Waals surface area contributed by atoms with Crippen LogP contribution in [0.1, 0.15) is 133 Å². The number of ketones is 1. The van der Waals surface area contributed by atoms with Crippen molar-refractivity contribution in [3.63, 3.8) is 0 Å². The van der Waals surface area contributed by atoms with Crippen LogP contribution in [-0.2, 0) is 24.0 Å². The maximum atomic E-state index is 14.5. The molecule has 0 aromatic carbocycles. The summed E-state index contributed by atoms with van der Waals surface area (Å²) in [4.78, 5) is 83.8. The Labute approximate surface area is 305 Å². The Bertz CT molecular complexity index is 1270. The lowest BCUT2D eigenvalue weighted by Gasteiger charge is -2.44. The number of carbonyl (C=O) groups excluding carboxylic acids is 6. The third kappa shape index (κ3) is 11.4. The zero-order valence-corrected chi connectivity index (χ0v) is 32.7. The molecule has 6 amide bonds. The van der Waals surface area contributed by atoms with Crippen molar-refractivity contribution < 1.29 is 33.9 Å². The Morgan fingerprint density at radius 1 is 0.961 bits per heavy atom. The van der Waals surface area contributed by atoms with E-state index in [1.165, 1.54) is 9.80 Å². The fourth-order valence-electron chi connectivity index (χ4n) is 7.66. The lowest BCUT2D eigenvalue weighted by Crippen LogP contribution is -2.63. The number of nitrogens with zero attached hydrogens (tertiary/aromatic N) is 2. The molecule has 3 fully saturated rings. The van der Waals surface area contributed by atoms with Crippen LogP contribution in [-0.4, -0.2) is 100 Å². The summed E-state index contributed by atoms with van der Waals surface area (Å²) in [6.45, 7) is 18.3. The van der Waals surface area contributed by atoms with Gasteiger partial charge in [0, 0.05) is 26.1 Å². The van der Waals surface area contributed by atoms with Gasteiger partial charge in [-0.25, -0.2) is 4.79 Å². The van der Waals surface area contributed by atoms with E-state index in [2.05, 4.69) is 21.3 Å². The van der Waals surface area contributed by atoms with Crippen LogP contribution in [0.3, 0.4) is 0 Å². The lowest BCUT2D eigenvalue weighted by atomic mass is 9.70. The molecule has 1 saturated carbocycles. The van der Waals surface area contributed by atoms with Crippen molar-refractivity contribution in [2.75, 3.05) is 19.6 Å². The highest BCUT2D eigenvalue weighted by atomic mass is 16.3. The van der Waals surface area contributed by atoms with Crippen molar-refractivity contribution in [1.82, 2.24) is 31.1 Å². The first kappa shape index (κ1) is 42.2. The van der Waals surface area contributed by atoms with Crippen LogP contribution in [0.5, 0.6) is 0 Å². The van der Waals surface area contributed by atoms with Gasteiger partial charge < -0.3 is 36.2 Å². The number of urea groups is 1. The number of amides is 6. The molecule has 2 saturated heterocycles. The summed E-state index contributed by atoms with van der Waals surface area (Å²) in [6.07, 6.45) is 5.88. The minimum atomic E-state index is -1.01. The van der Waals surface area contributed by atoms with Crippen LogP contribution in [0.2, 0.25) is 0 Å². The first-order valence-electron chi connectivity index (χ1n) is 19.2. The van der Waals surface area contributed by atoms with Gasteiger partial charge in [0.2, 0.25) is 23.5 Å². The predicted molar refractivity (Wildman–Crippen MR) is 195 cm³/mol. The third-order valence-electron chi connectivity index (χ3n) is 10.9. The number of hydrogen-bond donors (Lipinski definition) is 5. The van der Waals surface area contributed by atoms with Gasteiger partial charge in [-0.15, -0.1) is 0 Å². The normalized spacial score (nSPS) is 23.6. The third-order valence-corrected chi connectivity index (χ3v) is 10.9. The van der Waals surface area contributed by atoms with Crippen molar-refractivity contribution in [2.24, 2.45) is 22.2 Å². The van der Waals surface area contributed by atoms with Crippen LogP contribution in [0.4, 0.5) is 4.79 Å². The minimum Gasteiger partial charge on any atom is -0.374 e. The maximum absolute atomic E-state index is 14.5. The summed E-state index contributed by atoms with van der Waals surface area (Å²) in [5, 5.41) is 22.3. The van der Waals surface area contributed by atoms with Gasteiger partial charge in [-0.05, 0) is 60.7 Å². The second-order valence-corrected chi connectivity index (χ2v) is 17.8. The Kier molecular flexibility index (Phi) is 14.5. The lowest BCUT2D eigenvalue weighted by molar-refractivity contribution is -0.155. The number of carbonyl (C=O) groups is 6. The van der Waals surface area contributed by atoms with E-state index in [1.807, 2.05) is 62.3 Å². The molecule has 13 heteroatoms. The van der Waals surface area contributed by atoms with Gasteiger partial charge in [-0.3, -0.25) is 24.0 Å². The van der Waals surface area contributed by atoms with Crippen LogP contribution >= 0.6 is 0 Å². The van der Waals surface area contributed by atoms with Crippen LogP contribution in [0.15, 0.2) is 0 Å². The van der Waals surface area contributed by atoms with E-state index in [1.54, 1.807) is 0 Å². The Morgan fingerprint density at radius 3 is 2.18 bits per heavy atom. The highest BCUT2D eigenvalue weighted by molar-refractivity contribution is 6.38. The van der Waals surface area contributed by atoms with E-state index in [4.69, 9.17) is 0 Å². The van der Waals surface area contributed by atoms with E-state index in [0.29, 0.717) is 45.2 Å². The number of rotatable bonds is 14. The molecule has 1 aliphatic carbocycles. The summed E-state index contributed by atoms with van der Waals surface area (Å²) >= 11 is 0. The second kappa shape index (κ2) is 17.5. The molecule has 2 aliphatic heterocycles. The van der Waals surface area contributed by atoms with Gasteiger partial charge >= 0.3 is 6.03 Å².